The number of anilines is 1. The molecule has 2 heterocycles. The summed E-state index contributed by atoms with van der Waals surface area (Å²) in [6.45, 7) is 7.42. The molecule has 4 nitrogen and oxygen atoms in total. The number of aromatic nitrogens is 3. The van der Waals surface area contributed by atoms with Crippen molar-refractivity contribution in [3.63, 3.8) is 0 Å². The average Bonchev–Trinajstić information content (AvgIpc) is 2.89. The van der Waals surface area contributed by atoms with E-state index in [9.17, 15) is 0 Å². The third kappa shape index (κ3) is 2.53. The second-order valence-corrected chi connectivity index (χ2v) is 4.65. The van der Waals surface area contributed by atoms with Crippen LogP contribution in [-0.4, -0.2) is 21.5 Å². The first-order valence-corrected chi connectivity index (χ1v) is 6.46. The van der Waals surface area contributed by atoms with Crippen LogP contribution >= 0.6 is 0 Å². The van der Waals surface area contributed by atoms with Gasteiger partial charge in [0.2, 0.25) is 0 Å². The van der Waals surface area contributed by atoms with E-state index < -0.39 is 0 Å². The number of H-pyrrole nitrogens is 1. The molecular weight excluding hydrogens is 224 g/mol. The number of nitrogens with one attached hydrogen (secondary N) is 2. The van der Waals surface area contributed by atoms with Crippen LogP contribution in [-0.2, 0) is 0 Å². The number of rotatable bonds is 5. The van der Waals surface area contributed by atoms with E-state index in [2.05, 4.69) is 41.0 Å². The SMILES string of the molecule is CCCNc1ncnc(-c2ccc[nH]2)c1C(C)C. The molecule has 0 saturated heterocycles. The summed E-state index contributed by atoms with van der Waals surface area (Å²) >= 11 is 0. The van der Waals surface area contributed by atoms with Crippen LogP contribution in [0.4, 0.5) is 5.82 Å². The molecule has 0 spiro atoms. The van der Waals surface area contributed by atoms with E-state index in [0.717, 1.165) is 30.2 Å². The van der Waals surface area contributed by atoms with Crippen LogP contribution in [0.5, 0.6) is 0 Å². The molecule has 2 N–H and O–H groups in total. The molecule has 0 aliphatic heterocycles. The summed E-state index contributed by atoms with van der Waals surface area (Å²) in [5.41, 5.74) is 3.21. The predicted octanol–water partition coefficient (Wildman–Crippen LogP) is 3.42. The van der Waals surface area contributed by atoms with Crippen LogP contribution in [0, 0.1) is 0 Å². The van der Waals surface area contributed by atoms with Crippen LogP contribution in [0.25, 0.3) is 11.4 Å². The average molecular weight is 244 g/mol. The van der Waals surface area contributed by atoms with Crippen molar-refractivity contribution in [1.82, 2.24) is 15.0 Å². The molecule has 0 fully saturated rings. The van der Waals surface area contributed by atoms with Crippen molar-refractivity contribution >= 4 is 5.82 Å². The normalized spacial score (nSPS) is 10.9. The zero-order chi connectivity index (χ0) is 13.0. The molecule has 96 valence electrons. The summed E-state index contributed by atoms with van der Waals surface area (Å²) in [5, 5.41) is 3.38. The van der Waals surface area contributed by atoms with Gasteiger partial charge >= 0.3 is 0 Å². The van der Waals surface area contributed by atoms with Gasteiger partial charge in [0.25, 0.3) is 0 Å². The summed E-state index contributed by atoms with van der Waals surface area (Å²) < 4.78 is 0. The monoisotopic (exact) mass is 244 g/mol. The Morgan fingerprint density at radius 2 is 2.17 bits per heavy atom. The highest BCUT2D eigenvalue weighted by atomic mass is 15.0. The highest BCUT2D eigenvalue weighted by Crippen LogP contribution is 2.30. The Kier molecular flexibility index (Phi) is 3.97. The summed E-state index contributed by atoms with van der Waals surface area (Å²) in [6.07, 6.45) is 4.63. The number of hydrogen-bond acceptors (Lipinski definition) is 3. The summed E-state index contributed by atoms with van der Waals surface area (Å²) in [7, 11) is 0. The molecule has 4 heteroatoms. The Morgan fingerprint density at radius 3 is 2.78 bits per heavy atom. The summed E-state index contributed by atoms with van der Waals surface area (Å²) in [6, 6.07) is 4.03. The van der Waals surface area contributed by atoms with Crippen LogP contribution in [0.2, 0.25) is 0 Å². The molecule has 2 aromatic heterocycles. The van der Waals surface area contributed by atoms with E-state index in [0.29, 0.717) is 5.92 Å². The zero-order valence-electron chi connectivity index (χ0n) is 11.2. The van der Waals surface area contributed by atoms with Gasteiger partial charge in [0, 0.05) is 18.3 Å². The van der Waals surface area contributed by atoms with Gasteiger partial charge in [0.15, 0.2) is 0 Å². The molecule has 0 aromatic carbocycles. The Hall–Kier alpha value is -1.84. The number of nitrogens with zero attached hydrogens (tertiary/aromatic N) is 2. The molecule has 0 radical (unpaired) electrons. The molecule has 18 heavy (non-hydrogen) atoms. The van der Waals surface area contributed by atoms with E-state index in [1.54, 1.807) is 6.33 Å². The Morgan fingerprint density at radius 1 is 1.33 bits per heavy atom. The van der Waals surface area contributed by atoms with Crippen LogP contribution < -0.4 is 5.32 Å². The standard InChI is InChI=1S/C14H20N4/c1-4-7-16-14-12(10(2)3)13(17-9-18-14)11-6-5-8-15-11/h5-6,8-10,15H,4,7H2,1-3H3,(H,16,17,18). The molecule has 0 unspecified atom stereocenters. The van der Waals surface area contributed by atoms with Crippen molar-refractivity contribution in [2.24, 2.45) is 0 Å². The van der Waals surface area contributed by atoms with Crippen molar-refractivity contribution < 1.29 is 0 Å². The van der Waals surface area contributed by atoms with Crippen molar-refractivity contribution in [3.8, 4) is 11.4 Å². The molecule has 0 bridgehead atoms. The Bertz CT molecular complexity index is 489. The lowest BCUT2D eigenvalue weighted by Gasteiger charge is -2.16. The molecule has 2 rings (SSSR count). The molecule has 0 atom stereocenters. The van der Waals surface area contributed by atoms with Crippen molar-refractivity contribution in [3.05, 3.63) is 30.2 Å². The maximum Gasteiger partial charge on any atom is 0.133 e. The smallest absolute Gasteiger partial charge is 0.133 e. The fourth-order valence-electron chi connectivity index (χ4n) is 2.02. The maximum atomic E-state index is 4.43. The minimum Gasteiger partial charge on any atom is -0.370 e. The first kappa shape index (κ1) is 12.6. The largest absolute Gasteiger partial charge is 0.370 e. The predicted molar refractivity (Wildman–Crippen MR) is 74.7 cm³/mol. The minimum absolute atomic E-state index is 0.379. The first-order valence-electron chi connectivity index (χ1n) is 6.46. The fourth-order valence-corrected chi connectivity index (χ4v) is 2.02. The molecule has 0 aliphatic rings. The van der Waals surface area contributed by atoms with Crippen molar-refractivity contribution in [1.29, 1.82) is 0 Å². The molecular formula is C14H20N4. The van der Waals surface area contributed by atoms with Crippen molar-refractivity contribution in [2.45, 2.75) is 33.1 Å². The van der Waals surface area contributed by atoms with Gasteiger partial charge in [-0.05, 0) is 24.5 Å². The molecule has 0 saturated carbocycles. The highest BCUT2D eigenvalue weighted by Gasteiger charge is 2.16. The second kappa shape index (κ2) is 5.67. The van der Waals surface area contributed by atoms with Gasteiger partial charge in [-0.25, -0.2) is 9.97 Å². The Balaban J connectivity index is 2.46. The third-order valence-electron chi connectivity index (χ3n) is 2.86. The minimum atomic E-state index is 0.379. The van der Waals surface area contributed by atoms with E-state index >= 15 is 0 Å². The lowest BCUT2D eigenvalue weighted by atomic mass is 10.00. The first-order chi connectivity index (χ1) is 8.74. The van der Waals surface area contributed by atoms with E-state index in [-0.39, 0.29) is 0 Å². The number of hydrogen-bond donors (Lipinski definition) is 2. The number of aromatic amines is 1. The lowest BCUT2D eigenvalue weighted by Crippen LogP contribution is -2.08. The fraction of sp³-hybridized carbons (Fsp3) is 0.429. The van der Waals surface area contributed by atoms with E-state index in [1.165, 1.54) is 5.56 Å². The van der Waals surface area contributed by atoms with Gasteiger partial charge in [0.1, 0.15) is 12.1 Å². The van der Waals surface area contributed by atoms with Crippen LogP contribution in [0.3, 0.4) is 0 Å². The zero-order valence-corrected chi connectivity index (χ0v) is 11.2. The van der Waals surface area contributed by atoms with Gasteiger partial charge in [-0.1, -0.05) is 20.8 Å². The third-order valence-corrected chi connectivity index (χ3v) is 2.86. The van der Waals surface area contributed by atoms with Crippen LogP contribution in [0.15, 0.2) is 24.7 Å². The van der Waals surface area contributed by atoms with Gasteiger partial charge in [0.05, 0.1) is 11.4 Å². The van der Waals surface area contributed by atoms with Crippen LogP contribution in [0.1, 0.15) is 38.7 Å². The topological polar surface area (TPSA) is 53.6 Å². The molecule has 2 aromatic rings. The summed E-state index contributed by atoms with van der Waals surface area (Å²) in [4.78, 5) is 12.0. The lowest BCUT2D eigenvalue weighted by molar-refractivity contribution is 0.843. The molecule has 0 amide bonds. The molecule has 0 aliphatic carbocycles. The Labute approximate surface area is 108 Å². The quantitative estimate of drug-likeness (QED) is 0.847. The van der Waals surface area contributed by atoms with E-state index in [1.807, 2.05) is 18.3 Å². The van der Waals surface area contributed by atoms with E-state index in [4.69, 9.17) is 0 Å². The van der Waals surface area contributed by atoms with Gasteiger partial charge in [-0.2, -0.15) is 0 Å². The van der Waals surface area contributed by atoms with Gasteiger partial charge < -0.3 is 10.3 Å². The second-order valence-electron chi connectivity index (χ2n) is 4.65. The van der Waals surface area contributed by atoms with Crippen molar-refractivity contribution in [2.75, 3.05) is 11.9 Å². The van der Waals surface area contributed by atoms with Gasteiger partial charge in [-0.15, -0.1) is 0 Å². The maximum absolute atomic E-state index is 4.43. The summed E-state index contributed by atoms with van der Waals surface area (Å²) in [5.74, 6) is 1.33. The van der Waals surface area contributed by atoms with Gasteiger partial charge in [-0.3, -0.25) is 0 Å². The highest BCUT2D eigenvalue weighted by molar-refractivity contribution is 5.66.